The molecule has 7 rings (SSSR count). The van der Waals surface area contributed by atoms with E-state index in [2.05, 4.69) is 34.1 Å². The smallest absolute Gasteiger partial charge is 0.340 e. The summed E-state index contributed by atoms with van der Waals surface area (Å²) >= 11 is 0. The summed E-state index contributed by atoms with van der Waals surface area (Å²) in [6, 6.07) is 7.69. The van der Waals surface area contributed by atoms with Crippen molar-refractivity contribution in [3.8, 4) is 11.1 Å². The maximum atomic E-state index is 14.5. The van der Waals surface area contributed by atoms with Gasteiger partial charge >= 0.3 is 5.97 Å². The van der Waals surface area contributed by atoms with E-state index in [9.17, 15) is 13.6 Å². The Kier molecular flexibility index (Phi) is 10.4. The van der Waals surface area contributed by atoms with Gasteiger partial charge in [-0.15, -0.1) is 0 Å². The average Bonchev–Trinajstić information content (AvgIpc) is 3.41. The third-order valence-corrected chi connectivity index (χ3v) is 9.19. The fourth-order valence-corrected chi connectivity index (χ4v) is 7.06. The molecular formula is C39H47F2N4O2. The molecule has 1 radical (unpaired) electrons. The third-order valence-electron chi connectivity index (χ3n) is 9.19. The van der Waals surface area contributed by atoms with E-state index < -0.39 is 12.4 Å². The number of hydrogen-bond donors (Lipinski definition) is 0. The van der Waals surface area contributed by atoms with Crippen LogP contribution >= 0.6 is 0 Å². The third kappa shape index (κ3) is 6.15. The van der Waals surface area contributed by atoms with Crippen molar-refractivity contribution in [3.63, 3.8) is 0 Å². The van der Waals surface area contributed by atoms with Crippen molar-refractivity contribution in [2.45, 2.75) is 86.1 Å². The van der Waals surface area contributed by atoms with Gasteiger partial charge in [-0.05, 0) is 72.2 Å². The molecule has 4 heterocycles. The second-order valence-electron chi connectivity index (χ2n) is 11.8. The number of carbonyl (C=O) groups excluding carboxylic acids is 1. The first-order chi connectivity index (χ1) is 22.8. The number of esters is 1. The number of fused-ring (bicyclic) bond motifs is 2. The SMILES string of the molecule is C=C1[C]2C(CCCCC)=C2Cn2cc(C(=O)OC)c3cc(N4CCCc5cc(-c6cnn(C)c6)c(C(F)F)cc54)cc1c32.CC.CC. The predicted octanol–water partition coefficient (Wildman–Crippen LogP) is 10.4. The maximum absolute atomic E-state index is 14.5. The molecule has 0 bridgehead atoms. The number of halogens is 2. The van der Waals surface area contributed by atoms with Crippen molar-refractivity contribution < 1.29 is 18.3 Å². The molecule has 6 nitrogen and oxygen atoms in total. The van der Waals surface area contributed by atoms with Gasteiger partial charge < -0.3 is 14.2 Å². The van der Waals surface area contributed by atoms with Crippen molar-refractivity contribution in [1.29, 1.82) is 0 Å². The Morgan fingerprint density at radius 2 is 1.83 bits per heavy atom. The number of allylic oxidation sites excluding steroid dienone is 3. The van der Waals surface area contributed by atoms with E-state index in [4.69, 9.17) is 4.74 Å². The lowest BCUT2D eigenvalue weighted by atomic mass is 9.91. The van der Waals surface area contributed by atoms with E-state index in [1.165, 1.54) is 37.0 Å². The molecule has 8 heteroatoms. The first-order valence-corrected chi connectivity index (χ1v) is 17.1. The zero-order valence-electron chi connectivity index (χ0n) is 28.8. The Balaban J connectivity index is 0.00000105. The standard InChI is InChI=1S/C35H35F2N4O2.2C2H6/c1-5-6-7-10-24-29-18-40-19-30(35(42)43-4)27-14-23(13-25(33(27)40)20(2)32(24)29)41-11-8-9-21-12-26(22-16-38-39(3)17-22)28(34(36)37)15-31(21)41;2*1-2/h12-17,19,34H,2,5-11,18H2,1,3-4H3;2*1-2H3. The molecular weight excluding hydrogens is 594 g/mol. The number of ether oxygens (including phenoxy) is 1. The lowest BCUT2D eigenvalue weighted by Crippen LogP contribution is -2.25. The number of alkyl halides is 2. The molecule has 2 aromatic heterocycles. The van der Waals surface area contributed by atoms with Crippen LogP contribution in [0.15, 0.2) is 60.6 Å². The van der Waals surface area contributed by atoms with Crippen LogP contribution in [0.2, 0.25) is 0 Å². The highest BCUT2D eigenvalue weighted by Crippen LogP contribution is 2.57. The normalized spacial score (nSPS) is 15.0. The molecule has 3 aliphatic rings. The largest absolute Gasteiger partial charge is 0.465 e. The minimum atomic E-state index is -2.64. The van der Waals surface area contributed by atoms with Gasteiger partial charge in [0.05, 0.1) is 30.3 Å². The molecule has 0 atom stereocenters. The highest BCUT2D eigenvalue weighted by Gasteiger charge is 2.42. The molecule has 1 aliphatic carbocycles. The van der Waals surface area contributed by atoms with Crippen LogP contribution in [-0.4, -0.2) is 34.0 Å². The quantitative estimate of drug-likeness (QED) is 0.142. The number of anilines is 2. The van der Waals surface area contributed by atoms with E-state index >= 15 is 0 Å². The lowest BCUT2D eigenvalue weighted by molar-refractivity contribution is 0.0602. The molecule has 0 amide bonds. The minimum Gasteiger partial charge on any atom is -0.465 e. The monoisotopic (exact) mass is 641 g/mol. The van der Waals surface area contributed by atoms with Gasteiger partial charge in [-0.2, -0.15) is 5.10 Å². The van der Waals surface area contributed by atoms with Gasteiger partial charge in [0, 0.05) is 66.0 Å². The van der Waals surface area contributed by atoms with E-state index in [1.54, 1.807) is 30.2 Å². The number of carbonyl (C=O) groups is 1. The van der Waals surface area contributed by atoms with E-state index in [0.717, 1.165) is 64.7 Å². The van der Waals surface area contributed by atoms with Crippen molar-refractivity contribution >= 4 is 33.8 Å². The first kappa shape index (κ1) is 34.1. The van der Waals surface area contributed by atoms with Crippen molar-refractivity contribution in [1.82, 2.24) is 14.3 Å². The molecule has 47 heavy (non-hydrogen) atoms. The molecule has 0 saturated carbocycles. The topological polar surface area (TPSA) is 52.3 Å². The summed E-state index contributed by atoms with van der Waals surface area (Å²) in [5.74, 6) is 0.869. The van der Waals surface area contributed by atoms with Crippen LogP contribution in [0.3, 0.4) is 0 Å². The Morgan fingerprint density at radius 3 is 2.49 bits per heavy atom. The van der Waals surface area contributed by atoms with Gasteiger partial charge in [0.25, 0.3) is 6.43 Å². The maximum Gasteiger partial charge on any atom is 0.340 e. The van der Waals surface area contributed by atoms with E-state index in [1.807, 2.05) is 46.0 Å². The number of unbranched alkanes of at least 4 members (excludes halogenated alkanes) is 2. The summed E-state index contributed by atoms with van der Waals surface area (Å²) in [6.07, 6.45) is 8.87. The number of nitrogens with zero attached hydrogens (tertiary/aromatic N) is 4. The highest BCUT2D eigenvalue weighted by molar-refractivity contribution is 6.11. The Bertz CT molecular complexity index is 1830. The van der Waals surface area contributed by atoms with Gasteiger partial charge in [0.2, 0.25) is 0 Å². The van der Waals surface area contributed by atoms with Gasteiger partial charge in [-0.3, -0.25) is 4.68 Å². The number of benzene rings is 2. The van der Waals surface area contributed by atoms with Crippen LogP contribution in [0.1, 0.15) is 100 Å². The van der Waals surface area contributed by atoms with Crippen LogP contribution in [0.4, 0.5) is 20.2 Å². The Hall–Kier alpha value is -4.20. The molecule has 0 fully saturated rings. The zero-order valence-corrected chi connectivity index (χ0v) is 28.8. The van der Waals surface area contributed by atoms with Crippen molar-refractivity contribution in [2.75, 3.05) is 18.6 Å². The van der Waals surface area contributed by atoms with Crippen molar-refractivity contribution in [2.24, 2.45) is 7.05 Å². The van der Waals surface area contributed by atoms with Gasteiger partial charge in [0.1, 0.15) is 0 Å². The highest BCUT2D eigenvalue weighted by atomic mass is 19.3. The molecule has 249 valence electrons. The second-order valence-corrected chi connectivity index (χ2v) is 11.8. The molecule has 0 unspecified atom stereocenters. The minimum absolute atomic E-state index is 0.0113. The lowest BCUT2D eigenvalue weighted by Gasteiger charge is -2.33. The zero-order chi connectivity index (χ0) is 34.0. The van der Waals surface area contributed by atoms with Gasteiger partial charge in [0.15, 0.2) is 0 Å². The van der Waals surface area contributed by atoms with E-state index in [0.29, 0.717) is 29.8 Å². The van der Waals surface area contributed by atoms with Crippen LogP contribution in [0, 0.1) is 5.92 Å². The summed E-state index contributed by atoms with van der Waals surface area (Å²) < 4.78 is 38.0. The Labute approximate surface area is 277 Å². The molecule has 0 N–H and O–H groups in total. The number of rotatable bonds is 8. The van der Waals surface area contributed by atoms with Crippen LogP contribution in [0.5, 0.6) is 0 Å². The fraction of sp³-hybridized carbons (Fsp3) is 0.410. The number of hydrogen-bond acceptors (Lipinski definition) is 4. The fourth-order valence-electron chi connectivity index (χ4n) is 7.06. The van der Waals surface area contributed by atoms with Crippen LogP contribution < -0.4 is 4.90 Å². The van der Waals surface area contributed by atoms with Crippen LogP contribution in [0.25, 0.3) is 27.6 Å². The van der Waals surface area contributed by atoms with Gasteiger partial charge in [-0.1, -0.05) is 59.6 Å². The number of aryl methyl sites for hydroxylation is 2. The van der Waals surface area contributed by atoms with Crippen molar-refractivity contribution in [3.05, 3.63) is 88.8 Å². The summed E-state index contributed by atoms with van der Waals surface area (Å²) in [5, 5.41) is 5.01. The summed E-state index contributed by atoms with van der Waals surface area (Å²) in [6.45, 7) is 16.1. The second kappa shape index (κ2) is 14.3. The predicted molar refractivity (Wildman–Crippen MR) is 188 cm³/mol. The molecule has 4 aromatic rings. The van der Waals surface area contributed by atoms with Gasteiger partial charge in [-0.25, -0.2) is 13.6 Å². The Morgan fingerprint density at radius 1 is 1.06 bits per heavy atom. The van der Waals surface area contributed by atoms with E-state index in [-0.39, 0.29) is 5.56 Å². The number of methoxy groups -OCH3 is 1. The first-order valence-electron chi connectivity index (χ1n) is 17.1. The molecule has 0 spiro atoms. The summed E-state index contributed by atoms with van der Waals surface area (Å²) in [5.41, 5.74) is 9.97. The summed E-state index contributed by atoms with van der Waals surface area (Å²) in [7, 11) is 3.18. The average molecular weight is 642 g/mol. The molecule has 0 saturated heterocycles. The van der Waals surface area contributed by atoms with Crippen LogP contribution in [-0.2, 0) is 24.8 Å². The number of aromatic nitrogens is 3. The summed E-state index contributed by atoms with van der Waals surface area (Å²) in [4.78, 5) is 15.1. The molecule has 2 aliphatic heterocycles. The molecule has 2 aromatic carbocycles.